The van der Waals surface area contributed by atoms with Gasteiger partial charge in [-0.25, -0.2) is 9.59 Å². The molecule has 0 aliphatic rings. The van der Waals surface area contributed by atoms with E-state index >= 15 is 0 Å². The Labute approximate surface area is 213 Å². The predicted molar refractivity (Wildman–Crippen MR) is 125 cm³/mol. The molecule has 6 atom stereocenters. The lowest BCUT2D eigenvalue weighted by molar-refractivity contribution is -0.163. The summed E-state index contributed by atoms with van der Waals surface area (Å²) in [7, 11) is 0. The second kappa shape index (κ2) is 18.1. The van der Waals surface area contributed by atoms with E-state index in [4.69, 9.17) is 49.4 Å². The standard InChI is InChI=1S/C10H19N3O7.C10H19N3O4/c1-4(7(13)8(15)16)20-10(18)6(12)3-19-9(17)5(11)2-14;1-5(2)3-6(11)9(15)17-10(16)7(12)4-8(13)14/h4-7,14H,2-3,11-13H2,1H3,(H,15,16);5-7H,3-4,11-12H2,1-2H3,(H2,13,14)/t4-,5+,6+,7+;6-,7-/m10/s1. The Kier molecular flexibility index (Phi) is 17.6. The maximum Gasteiger partial charge on any atom is 0.331 e. The van der Waals surface area contributed by atoms with Crippen LogP contribution in [0.15, 0.2) is 0 Å². The minimum absolute atomic E-state index is 0.201. The summed E-state index contributed by atoms with van der Waals surface area (Å²) in [5.74, 6) is -5.61. The number of amides is 1. The second-order valence-electron chi connectivity index (χ2n) is 8.28. The summed E-state index contributed by atoms with van der Waals surface area (Å²) >= 11 is 0. The molecule has 0 aromatic heterocycles. The average Bonchev–Trinajstić information content (AvgIpc) is 2.80. The van der Waals surface area contributed by atoms with Gasteiger partial charge in [-0.15, -0.1) is 0 Å². The summed E-state index contributed by atoms with van der Waals surface area (Å²) in [6.45, 7) is 3.93. The maximum atomic E-state index is 11.5. The maximum absolute atomic E-state index is 11.5. The van der Waals surface area contributed by atoms with Crippen LogP contribution in [-0.2, 0) is 43.0 Å². The van der Waals surface area contributed by atoms with Crippen LogP contribution in [0.3, 0.4) is 0 Å². The highest BCUT2D eigenvalue weighted by molar-refractivity contribution is 5.92. The molecule has 0 aliphatic carbocycles. The van der Waals surface area contributed by atoms with Crippen molar-refractivity contribution in [3.63, 3.8) is 0 Å². The second-order valence-corrected chi connectivity index (χ2v) is 8.28. The van der Waals surface area contributed by atoms with Crippen LogP contribution in [0.25, 0.3) is 0 Å². The molecule has 0 fully saturated rings. The average molecular weight is 539 g/mol. The number of carbonyl (C=O) groups is 6. The zero-order valence-electron chi connectivity index (χ0n) is 20.9. The molecule has 0 aliphatic heterocycles. The molecule has 0 bridgehead atoms. The van der Waals surface area contributed by atoms with Gasteiger partial charge in [-0.2, -0.15) is 0 Å². The first-order valence-corrected chi connectivity index (χ1v) is 11.0. The summed E-state index contributed by atoms with van der Waals surface area (Å²) in [6, 6.07) is -6.04. The van der Waals surface area contributed by atoms with Crippen LogP contribution in [0.2, 0.25) is 0 Å². The SMILES string of the molecule is CC(C)C[C@H](N)C(=O)OC(=O)[C@@H](N)CC(N)=O.C[C@@H](OC(=O)[C@@H](N)COC(=O)[C@@H](N)CO)[C@H](N)C(=O)O. The van der Waals surface area contributed by atoms with Gasteiger partial charge in [0.25, 0.3) is 0 Å². The van der Waals surface area contributed by atoms with Crippen LogP contribution in [0.4, 0.5) is 0 Å². The molecule has 214 valence electrons. The summed E-state index contributed by atoms with van der Waals surface area (Å²) in [6.07, 6.45) is -1.07. The quantitative estimate of drug-likeness (QED) is 0.0583. The van der Waals surface area contributed by atoms with E-state index in [1.807, 2.05) is 13.8 Å². The first-order chi connectivity index (χ1) is 16.9. The number of primary amides is 1. The van der Waals surface area contributed by atoms with Gasteiger partial charge in [-0.05, 0) is 19.3 Å². The Morgan fingerprint density at radius 2 is 1.27 bits per heavy atom. The van der Waals surface area contributed by atoms with E-state index in [0.717, 1.165) is 0 Å². The van der Waals surface area contributed by atoms with Crippen LogP contribution in [0, 0.1) is 5.92 Å². The van der Waals surface area contributed by atoms with E-state index in [-0.39, 0.29) is 12.3 Å². The van der Waals surface area contributed by atoms with Crippen molar-refractivity contribution in [2.24, 2.45) is 40.3 Å². The van der Waals surface area contributed by atoms with E-state index in [1.165, 1.54) is 6.92 Å². The lowest BCUT2D eigenvalue weighted by atomic mass is 10.1. The molecule has 0 aromatic carbocycles. The lowest BCUT2D eigenvalue weighted by Crippen LogP contribution is -2.47. The van der Waals surface area contributed by atoms with Gasteiger partial charge in [0.1, 0.15) is 42.9 Å². The monoisotopic (exact) mass is 538 g/mol. The fourth-order valence-electron chi connectivity index (χ4n) is 2.12. The van der Waals surface area contributed by atoms with E-state index in [1.54, 1.807) is 0 Å². The minimum atomic E-state index is -1.39. The highest BCUT2D eigenvalue weighted by Gasteiger charge is 2.27. The molecule has 14 N–H and O–H groups in total. The third-order valence-electron chi connectivity index (χ3n) is 4.25. The molecule has 0 rings (SSSR count). The number of aliphatic hydroxyl groups is 1. The summed E-state index contributed by atoms with van der Waals surface area (Å²) in [5, 5.41) is 17.2. The number of aliphatic carboxylic acids is 1. The van der Waals surface area contributed by atoms with Gasteiger partial charge in [0.2, 0.25) is 5.91 Å². The van der Waals surface area contributed by atoms with Crippen molar-refractivity contribution in [3.8, 4) is 0 Å². The number of carbonyl (C=O) groups excluding carboxylic acids is 5. The molecule has 0 heterocycles. The van der Waals surface area contributed by atoms with Crippen molar-refractivity contribution in [3.05, 3.63) is 0 Å². The van der Waals surface area contributed by atoms with Gasteiger partial charge in [0, 0.05) is 0 Å². The molecule has 0 saturated carbocycles. The molecule has 37 heavy (non-hydrogen) atoms. The molecule has 0 saturated heterocycles. The normalized spacial score (nSPS) is 15.5. The van der Waals surface area contributed by atoms with E-state index in [0.29, 0.717) is 6.42 Å². The molecular weight excluding hydrogens is 500 g/mol. The summed E-state index contributed by atoms with van der Waals surface area (Å²) < 4.78 is 13.7. The van der Waals surface area contributed by atoms with Gasteiger partial charge < -0.3 is 58.8 Å². The van der Waals surface area contributed by atoms with Gasteiger partial charge in [-0.1, -0.05) is 13.8 Å². The zero-order valence-corrected chi connectivity index (χ0v) is 20.9. The van der Waals surface area contributed by atoms with Gasteiger partial charge in [0.15, 0.2) is 0 Å². The molecule has 0 radical (unpaired) electrons. The number of nitrogens with two attached hydrogens (primary N) is 6. The number of carboxylic acid groups (broad SMARTS) is 1. The zero-order chi connectivity index (χ0) is 29.5. The molecule has 17 heteroatoms. The van der Waals surface area contributed by atoms with Crippen LogP contribution >= 0.6 is 0 Å². The number of aliphatic hydroxyl groups excluding tert-OH is 1. The number of hydrogen-bond acceptors (Lipinski definition) is 15. The number of hydrogen-bond donors (Lipinski definition) is 8. The number of ether oxygens (including phenoxy) is 3. The van der Waals surface area contributed by atoms with E-state index in [9.17, 15) is 28.8 Å². The van der Waals surface area contributed by atoms with E-state index < -0.39 is 85.3 Å². The molecule has 0 unspecified atom stereocenters. The van der Waals surface area contributed by atoms with Gasteiger partial charge >= 0.3 is 29.8 Å². The van der Waals surface area contributed by atoms with Crippen molar-refractivity contribution in [1.82, 2.24) is 0 Å². The van der Waals surface area contributed by atoms with Crippen molar-refractivity contribution in [1.29, 1.82) is 0 Å². The third-order valence-corrected chi connectivity index (χ3v) is 4.25. The first kappa shape index (κ1) is 35.9. The summed E-state index contributed by atoms with van der Waals surface area (Å²) in [4.78, 5) is 66.2. The van der Waals surface area contributed by atoms with Gasteiger partial charge in [-0.3, -0.25) is 19.2 Å². The van der Waals surface area contributed by atoms with Crippen LogP contribution < -0.4 is 34.4 Å². The lowest BCUT2D eigenvalue weighted by Gasteiger charge is -2.19. The van der Waals surface area contributed by atoms with Crippen LogP contribution in [0.5, 0.6) is 0 Å². The van der Waals surface area contributed by atoms with Crippen molar-refractivity contribution < 1.29 is 53.2 Å². The fraction of sp³-hybridized carbons (Fsp3) is 0.700. The summed E-state index contributed by atoms with van der Waals surface area (Å²) in [5.41, 5.74) is 31.5. The number of esters is 4. The highest BCUT2D eigenvalue weighted by Crippen LogP contribution is 2.05. The smallest absolute Gasteiger partial charge is 0.331 e. The van der Waals surface area contributed by atoms with Crippen LogP contribution in [0.1, 0.15) is 33.6 Å². The molecule has 0 aromatic rings. The molecule has 0 spiro atoms. The topological polar surface area (TPSA) is 327 Å². The number of carboxylic acids is 1. The molecule has 17 nitrogen and oxygen atoms in total. The molecule has 1 amide bonds. The van der Waals surface area contributed by atoms with Gasteiger partial charge in [0.05, 0.1) is 13.0 Å². The minimum Gasteiger partial charge on any atom is -0.480 e. The Morgan fingerprint density at radius 3 is 1.70 bits per heavy atom. The van der Waals surface area contributed by atoms with Crippen molar-refractivity contribution in [2.75, 3.05) is 13.2 Å². The predicted octanol–water partition coefficient (Wildman–Crippen LogP) is -4.85. The fourth-order valence-corrected chi connectivity index (χ4v) is 2.12. The Hall–Kier alpha value is -3.22. The first-order valence-electron chi connectivity index (χ1n) is 11.0. The van der Waals surface area contributed by atoms with Crippen LogP contribution in [-0.4, -0.2) is 95.5 Å². The number of rotatable bonds is 14. The largest absolute Gasteiger partial charge is 0.480 e. The molecular formula is C20H38N6O11. The third kappa shape index (κ3) is 16.2. The van der Waals surface area contributed by atoms with E-state index in [2.05, 4.69) is 9.47 Å². The Morgan fingerprint density at radius 1 is 0.757 bits per heavy atom. The van der Waals surface area contributed by atoms with Crippen molar-refractivity contribution in [2.45, 2.75) is 69.9 Å². The van der Waals surface area contributed by atoms with Crippen molar-refractivity contribution >= 4 is 35.8 Å². The highest BCUT2D eigenvalue weighted by atomic mass is 16.6. The Bertz CT molecular complexity index is 795. The Balaban J connectivity index is 0.